The first-order chi connectivity index (χ1) is 9.45. The normalized spacial score (nSPS) is 12.6. The van der Waals surface area contributed by atoms with Crippen LogP contribution in [0.2, 0.25) is 0 Å². The van der Waals surface area contributed by atoms with Gasteiger partial charge in [0.1, 0.15) is 16.7 Å². The number of amides is 1. The summed E-state index contributed by atoms with van der Waals surface area (Å²) in [6.07, 6.45) is 1.09. The molecule has 2 rings (SSSR count). The molecule has 0 fully saturated rings. The highest BCUT2D eigenvalue weighted by atomic mass is 32.1. The SMILES string of the molecule is CCCC(NC(=O)c1sc2nnc(C)n2c1C)C(=O)O. The molecule has 0 aromatic carbocycles. The molecule has 2 aromatic rings. The van der Waals surface area contributed by atoms with Crippen LogP contribution in [0.15, 0.2) is 0 Å². The van der Waals surface area contributed by atoms with Crippen LogP contribution in [0.3, 0.4) is 0 Å². The Balaban J connectivity index is 2.27. The lowest BCUT2D eigenvalue weighted by Crippen LogP contribution is -2.40. The van der Waals surface area contributed by atoms with Crippen molar-refractivity contribution in [1.82, 2.24) is 19.9 Å². The molecule has 8 heteroatoms. The zero-order valence-electron chi connectivity index (χ0n) is 11.5. The molecule has 0 aliphatic carbocycles. The molecule has 0 saturated heterocycles. The maximum absolute atomic E-state index is 12.2. The summed E-state index contributed by atoms with van der Waals surface area (Å²) in [4.78, 5) is 24.4. The molecule has 0 aliphatic rings. The number of carbonyl (C=O) groups is 2. The van der Waals surface area contributed by atoms with E-state index in [1.807, 2.05) is 6.92 Å². The van der Waals surface area contributed by atoms with Gasteiger partial charge in [-0.25, -0.2) is 4.79 Å². The van der Waals surface area contributed by atoms with Gasteiger partial charge in [-0.3, -0.25) is 9.20 Å². The highest BCUT2D eigenvalue weighted by molar-refractivity contribution is 7.19. The lowest BCUT2D eigenvalue weighted by molar-refractivity contribution is -0.139. The van der Waals surface area contributed by atoms with Crippen molar-refractivity contribution in [2.75, 3.05) is 0 Å². The van der Waals surface area contributed by atoms with E-state index in [1.165, 1.54) is 11.3 Å². The van der Waals surface area contributed by atoms with Crippen LogP contribution in [0.5, 0.6) is 0 Å². The van der Waals surface area contributed by atoms with E-state index in [1.54, 1.807) is 18.2 Å². The van der Waals surface area contributed by atoms with Crippen molar-refractivity contribution in [2.45, 2.75) is 39.7 Å². The van der Waals surface area contributed by atoms with E-state index in [9.17, 15) is 9.59 Å². The molecule has 0 spiro atoms. The first-order valence-electron chi connectivity index (χ1n) is 6.30. The van der Waals surface area contributed by atoms with Crippen LogP contribution in [-0.2, 0) is 4.79 Å². The quantitative estimate of drug-likeness (QED) is 0.869. The van der Waals surface area contributed by atoms with Crippen LogP contribution in [0.25, 0.3) is 4.96 Å². The number of aromatic nitrogens is 3. The van der Waals surface area contributed by atoms with Crippen molar-refractivity contribution in [2.24, 2.45) is 0 Å². The monoisotopic (exact) mass is 296 g/mol. The Kier molecular flexibility index (Phi) is 4.03. The van der Waals surface area contributed by atoms with E-state index >= 15 is 0 Å². The summed E-state index contributed by atoms with van der Waals surface area (Å²) in [7, 11) is 0. The van der Waals surface area contributed by atoms with E-state index in [0.717, 1.165) is 5.69 Å². The number of nitrogens with zero attached hydrogens (tertiary/aromatic N) is 3. The Labute approximate surface area is 119 Å². The van der Waals surface area contributed by atoms with Crippen LogP contribution in [0.1, 0.15) is 41.0 Å². The fourth-order valence-electron chi connectivity index (χ4n) is 2.04. The fraction of sp³-hybridized carbons (Fsp3) is 0.500. The molecule has 2 N–H and O–H groups in total. The number of nitrogens with one attached hydrogen (secondary N) is 1. The molecule has 0 radical (unpaired) electrons. The molecule has 1 amide bonds. The van der Waals surface area contributed by atoms with Crippen molar-refractivity contribution < 1.29 is 14.7 Å². The Morgan fingerprint density at radius 1 is 1.40 bits per heavy atom. The molecule has 0 bridgehead atoms. The van der Waals surface area contributed by atoms with Crippen LogP contribution in [0, 0.1) is 13.8 Å². The molecular formula is C12H16N4O3S. The van der Waals surface area contributed by atoms with E-state index in [-0.39, 0.29) is 5.91 Å². The van der Waals surface area contributed by atoms with Crippen molar-refractivity contribution in [3.8, 4) is 0 Å². The summed E-state index contributed by atoms with van der Waals surface area (Å²) in [5.74, 6) is -0.688. The van der Waals surface area contributed by atoms with Gasteiger partial charge < -0.3 is 10.4 Å². The number of aryl methyl sites for hydroxylation is 2. The Bertz CT molecular complexity index is 661. The van der Waals surface area contributed by atoms with Crippen molar-refractivity contribution in [3.63, 3.8) is 0 Å². The number of carbonyl (C=O) groups excluding carboxylic acids is 1. The fourth-order valence-corrected chi connectivity index (χ4v) is 3.06. The highest BCUT2D eigenvalue weighted by Crippen LogP contribution is 2.22. The molecule has 2 heterocycles. The summed E-state index contributed by atoms with van der Waals surface area (Å²) in [6.45, 7) is 5.48. The molecule has 0 saturated carbocycles. The number of aliphatic carboxylic acids is 1. The Hall–Kier alpha value is -1.96. The van der Waals surface area contributed by atoms with E-state index in [4.69, 9.17) is 5.11 Å². The predicted octanol–water partition coefficient (Wildman–Crippen LogP) is 1.39. The van der Waals surface area contributed by atoms with Gasteiger partial charge in [0, 0.05) is 5.69 Å². The summed E-state index contributed by atoms with van der Waals surface area (Å²) >= 11 is 1.21. The Morgan fingerprint density at radius 3 is 2.65 bits per heavy atom. The second kappa shape index (κ2) is 5.58. The molecule has 7 nitrogen and oxygen atoms in total. The smallest absolute Gasteiger partial charge is 0.326 e. The first-order valence-corrected chi connectivity index (χ1v) is 7.12. The number of carboxylic acids is 1. The van der Waals surface area contributed by atoms with E-state index in [2.05, 4.69) is 15.5 Å². The Morgan fingerprint density at radius 2 is 2.10 bits per heavy atom. The molecule has 0 aliphatic heterocycles. The molecule has 2 aromatic heterocycles. The maximum atomic E-state index is 12.2. The van der Waals surface area contributed by atoms with Crippen LogP contribution in [0.4, 0.5) is 0 Å². The number of hydrogen-bond acceptors (Lipinski definition) is 5. The first kappa shape index (κ1) is 14.4. The van der Waals surface area contributed by atoms with Gasteiger partial charge in [-0.05, 0) is 20.3 Å². The van der Waals surface area contributed by atoms with Crippen molar-refractivity contribution in [3.05, 3.63) is 16.4 Å². The summed E-state index contributed by atoms with van der Waals surface area (Å²) in [6, 6.07) is -0.861. The lowest BCUT2D eigenvalue weighted by Gasteiger charge is -2.12. The third kappa shape index (κ3) is 2.51. The van der Waals surface area contributed by atoms with Crippen LogP contribution >= 0.6 is 11.3 Å². The standard InChI is InChI=1S/C12H16N4O3S/c1-4-5-8(11(18)19)13-10(17)9-6(2)16-7(3)14-15-12(16)20-9/h8H,4-5H2,1-3H3,(H,13,17)(H,18,19). The van der Waals surface area contributed by atoms with Crippen LogP contribution < -0.4 is 5.32 Å². The minimum Gasteiger partial charge on any atom is -0.480 e. The summed E-state index contributed by atoms with van der Waals surface area (Å²) in [5, 5.41) is 19.5. The summed E-state index contributed by atoms with van der Waals surface area (Å²) < 4.78 is 1.79. The number of fused-ring (bicyclic) bond motifs is 1. The molecule has 1 unspecified atom stereocenters. The average molecular weight is 296 g/mol. The van der Waals surface area contributed by atoms with Crippen LogP contribution in [-0.4, -0.2) is 37.6 Å². The lowest BCUT2D eigenvalue weighted by atomic mass is 10.1. The van der Waals surface area contributed by atoms with Gasteiger partial charge in [-0.15, -0.1) is 10.2 Å². The molecular weight excluding hydrogens is 280 g/mol. The van der Waals surface area contributed by atoms with E-state index < -0.39 is 12.0 Å². The molecule has 20 heavy (non-hydrogen) atoms. The topological polar surface area (TPSA) is 96.6 Å². The van der Waals surface area contributed by atoms with E-state index in [0.29, 0.717) is 28.5 Å². The largest absolute Gasteiger partial charge is 0.480 e. The molecule has 1 atom stereocenters. The van der Waals surface area contributed by atoms with Gasteiger partial charge in [0.15, 0.2) is 0 Å². The average Bonchev–Trinajstić information content (AvgIpc) is 2.90. The van der Waals surface area contributed by atoms with Gasteiger partial charge >= 0.3 is 5.97 Å². The minimum absolute atomic E-state index is 0.377. The number of hydrogen-bond donors (Lipinski definition) is 2. The predicted molar refractivity (Wildman–Crippen MR) is 74.1 cm³/mol. The van der Waals surface area contributed by atoms with Crippen molar-refractivity contribution in [1.29, 1.82) is 0 Å². The van der Waals surface area contributed by atoms with Gasteiger partial charge in [0.25, 0.3) is 5.91 Å². The second-order valence-electron chi connectivity index (χ2n) is 4.53. The van der Waals surface area contributed by atoms with Gasteiger partial charge in [-0.1, -0.05) is 24.7 Å². The van der Waals surface area contributed by atoms with Gasteiger partial charge in [0.05, 0.1) is 0 Å². The highest BCUT2D eigenvalue weighted by Gasteiger charge is 2.23. The third-order valence-electron chi connectivity index (χ3n) is 3.04. The summed E-state index contributed by atoms with van der Waals surface area (Å²) in [5.41, 5.74) is 0.727. The minimum atomic E-state index is -1.02. The zero-order valence-corrected chi connectivity index (χ0v) is 12.3. The second-order valence-corrected chi connectivity index (χ2v) is 5.51. The third-order valence-corrected chi connectivity index (χ3v) is 4.17. The maximum Gasteiger partial charge on any atom is 0.326 e. The zero-order chi connectivity index (χ0) is 14.9. The van der Waals surface area contributed by atoms with Crippen molar-refractivity contribution >= 4 is 28.2 Å². The number of thiazole rings is 1. The molecule has 108 valence electrons. The van der Waals surface area contributed by atoms with Gasteiger partial charge in [-0.2, -0.15) is 0 Å². The van der Waals surface area contributed by atoms with Gasteiger partial charge in [0.2, 0.25) is 4.96 Å². The number of rotatable bonds is 5. The number of carboxylic acid groups (broad SMARTS) is 1.